The summed E-state index contributed by atoms with van der Waals surface area (Å²) in [5.74, 6) is 0.586. The molecular formula is C23H27ClO6. The number of benzene rings is 2. The summed E-state index contributed by atoms with van der Waals surface area (Å²) in [7, 11) is 1.34. The first-order valence-corrected chi connectivity index (χ1v) is 10.2. The van der Waals surface area contributed by atoms with Crippen molar-refractivity contribution in [1.29, 1.82) is 0 Å². The molecule has 2 aromatic rings. The van der Waals surface area contributed by atoms with Crippen molar-refractivity contribution in [1.82, 2.24) is 0 Å². The van der Waals surface area contributed by atoms with Gasteiger partial charge in [-0.05, 0) is 43.2 Å². The molecule has 0 spiro atoms. The van der Waals surface area contributed by atoms with Crippen molar-refractivity contribution in [3.8, 4) is 17.2 Å². The molecule has 0 aliphatic heterocycles. The fraction of sp³-hybridized carbons (Fsp3) is 0.391. The van der Waals surface area contributed by atoms with Crippen LogP contribution in [0.3, 0.4) is 0 Å². The highest BCUT2D eigenvalue weighted by Gasteiger charge is 2.16. The average molecular weight is 435 g/mol. The molecule has 0 aromatic heterocycles. The number of aromatic hydroxyl groups is 1. The molecule has 0 saturated heterocycles. The minimum atomic E-state index is -0.332. The quantitative estimate of drug-likeness (QED) is 0.312. The lowest BCUT2D eigenvalue weighted by atomic mass is 10.0. The zero-order chi connectivity index (χ0) is 22.1. The van der Waals surface area contributed by atoms with Gasteiger partial charge in [0.25, 0.3) is 0 Å². The highest BCUT2D eigenvalue weighted by Crippen LogP contribution is 2.33. The van der Waals surface area contributed by atoms with Crippen LogP contribution in [0.2, 0.25) is 5.02 Å². The van der Waals surface area contributed by atoms with Gasteiger partial charge in [-0.3, -0.25) is 9.59 Å². The van der Waals surface area contributed by atoms with Gasteiger partial charge in [-0.15, -0.1) is 0 Å². The zero-order valence-electron chi connectivity index (χ0n) is 17.5. The molecule has 0 fully saturated rings. The lowest BCUT2D eigenvalue weighted by Gasteiger charge is -2.15. The van der Waals surface area contributed by atoms with Crippen LogP contribution in [0, 0.1) is 0 Å². The van der Waals surface area contributed by atoms with E-state index in [9.17, 15) is 14.7 Å². The molecule has 162 valence electrons. The molecule has 1 N–H and O–H groups in total. The summed E-state index contributed by atoms with van der Waals surface area (Å²) in [4.78, 5) is 23.0. The van der Waals surface area contributed by atoms with Crippen molar-refractivity contribution in [2.45, 2.75) is 39.5 Å². The first kappa shape index (κ1) is 23.5. The van der Waals surface area contributed by atoms with E-state index in [0.717, 1.165) is 12.0 Å². The van der Waals surface area contributed by atoms with Crippen molar-refractivity contribution in [2.24, 2.45) is 0 Å². The number of rotatable bonds is 11. The van der Waals surface area contributed by atoms with Crippen LogP contribution in [-0.4, -0.2) is 37.2 Å². The topological polar surface area (TPSA) is 82.1 Å². The van der Waals surface area contributed by atoms with Gasteiger partial charge in [0.2, 0.25) is 0 Å². The van der Waals surface area contributed by atoms with Crippen LogP contribution < -0.4 is 9.47 Å². The van der Waals surface area contributed by atoms with Gasteiger partial charge in [-0.1, -0.05) is 31.0 Å². The molecule has 6 nitrogen and oxygen atoms in total. The predicted molar refractivity (Wildman–Crippen MR) is 115 cm³/mol. The zero-order valence-corrected chi connectivity index (χ0v) is 18.3. The van der Waals surface area contributed by atoms with E-state index in [1.54, 1.807) is 30.3 Å². The number of halogens is 1. The molecule has 2 rings (SSSR count). The molecule has 2 aromatic carbocycles. The van der Waals surface area contributed by atoms with Crippen molar-refractivity contribution in [3.05, 3.63) is 52.0 Å². The number of carbonyl (C=O) groups is 2. The summed E-state index contributed by atoms with van der Waals surface area (Å²) >= 11 is 6.21. The smallest absolute Gasteiger partial charge is 0.309 e. The number of ketones is 1. The third kappa shape index (κ3) is 6.39. The average Bonchev–Trinajstić information content (AvgIpc) is 2.71. The summed E-state index contributed by atoms with van der Waals surface area (Å²) in [5.41, 5.74) is 1.70. The highest BCUT2D eigenvalue weighted by atomic mass is 35.5. The highest BCUT2D eigenvalue weighted by molar-refractivity contribution is 6.32. The maximum absolute atomic E-state index is 11.6. The fourth-order valence-corrected chi connectivity index (χ4v) is 3.22. The number of carbonyl (C=O) groups excluding carboxylic acids is 2. The van der Waals surface area contributed by atoms with E-state index in [0.29, 0.717) is 53.7 Å². The molecule has 0 amide bonds. The molecule has 0 saturated carbocycles. The fourth-order valence-electron chi connectivity index (χ4n) is 2.96. The van der Waals surface area contributed by atoms with Crippen LogP contribution in [0.1, 0.15) is 48.2 Å². The lowest BCUT2D eigenvalue weighted by Crippen LogP contribution is -2.08. The summed E-state index contributed by atoms with van der Waals surface area (Å²) in [6, 6.07) is 8.47. The minimum absolute atomic E-state index is 0.00285. The van der Waals surface area contributed by atoms with E-state index >= 15 is 0 Å². The molecule has 7 heteroatoms. The van der Waals surface area contributed by atoms with Gasteiger partial charge >= 0.3 is 5.97 Å². The minimum Gasteiger partial charge on any atom is -0.507 e. The molecule has 0 aliphatic rings. The molecule has 0 heterocycles. The second-order valence-corrected chi connectivity index (χ2v) is 7.22. The van der Waals surface area contributed by atoms with E-state index in [-0.39, 0.29) is 23.9 Å². The van der Waals surface area contributed by atoms with E-state index in [4.69, 9.17) is 21.1 Å². The Kier molecular flexibility index (Phi) is 8.99. The van der Waals surface area contributed by atoms with Crippen LogP contribution in [-0.2, 0) is 22.4 Å². The van der Waals surface area contributed by atoms with Crippen LogP contribution >= 0.6 is 11.6 Å². The van der Waals surface area contributed by atoms with E-state index in [1.807, 2.05) is 6.92 Å². The third-order valence-corrected chi connectivity index (χ3v) is 4.79. The Labute approximate surface area is 181 Å². The van der Waals surface area contributed by atoms with E-state index in [1.165, 1.54) is 14.0 Å². The van der Waals surface area contributed by atoms with E-state index < -0.39 is 0 Å². The predicted octanol–water partition coefficient (Wildman–Crippen LogP) is 4.76. The number of methoxy groups -OCH3 is 1. The second kappa shape index (κ2) is 11.5. The lowest BCUT2D eigenvalue weighted by molar-refractivity contribution is -0.139. The van der Waals surface area contributed by atoms with Crippen molar-refractivity contribution < 1.29 is 28.9 Å². The number of hydrogen-bond acceptors (Lipinski definition) is 6. The number of phenolic OH excluding ortho intramolecular Hbond substituents is 1. The molecule has 0 atom stereocenters. The second-order valence-electron chi connectivity index (χ2n) is 6.81. The summed E-state index contributed by atoms with van der Waals surface area (Å²) < 4.78 is 16.1. The summed E-state index contributed by atoms with van der Waals surface area (Å²) in [6.07, 6.45) is 2.19. The Morgan fingerprint density at radius 3 is 2.33 bits per heavy atom. The van der Waals surface area contributed by atoms with Gasteiger partial charge in [0, 0.05) is 12.0 Å². The first-order valence-electron chi connectivity index (χ1n) is 9.84. The van der Waals surface area contributed by atoms with Crippen LogP contribution in [0.15, 0.2) is 30.3 Å². The molecule has 0 unspecified atom stereocenters. The monoisotopic (exact) mass is 434 g/mol. The third-order valence-electron chi connectivity index (χ3n) is 4.50. The van der Waals surface area contributed by atoms with Crippen molar-refractivity contribution in [3.63, 3.8) is 0 Å². The standard InChI is InChI=1S/C23H27ClO6/c1-4-6-18-20(10-8-17(15(2)25)23(18)27)29-11-5-12-30-21-9-7-16(13-19(21)24)14-22(26)28-3/h7-10,13,27H,4-6,11-12,14H2,1-3H3. The molecule has 0 radical (unpaired) electrons. The Hall–Kier alpha value is -2.73. The van der Waals surface area contributed by atoms with Crippen molar-refractivity contribution >= 4 is 23.4 Å². The molecular weight excluding hydrogens is 408 g/mol. The molecule has 0 aliphatic carbocycles. The maximum Gasteiger partial charge on any atom is 0.309 e. The SMILES string of the molecule is CCCc1c(OCCCOc2ccc(CC(=O)OC)cc2Cl)ccc(C(C)=O)c1O. The Bertz CT molecular complexity index is 894. The van der Waals surface area contributed by atoms with Crippen LogP contribution in [0.25, 0.3) is 0 Å². The van der Waals surface area contributed by atoms with Gasteiger partial charge in [-0.25, -0.2) is 0 Å². The summed E-state index contributed by atoms with van der Waals surface area (Å²) in [6.45, 7) is 4.19. The molecule has 30 heavy (non-hydrogen) atoms. The van der Waals surface area contributed by atoms with Gasteiger partial charge in [0.15, 0.2) is 5.78 Å². The van der Waals surface area contributed by atoms with Gasteiger partial charge in [0.1, 0.15) is 17.2 Å². The number of ether oxygens (including phenoxy) is 3. The first-order chi connectivity index (χ1) is 14.4. The Balaban J connectivity index is 1.89. The number of Topliss-reactive ketones (excluding diaryl/α,β-unsaturated/α-hetero) is 1. The van der Waals surface area contributed by atoms with Crippen LogP contribution in [0.4, 0.5) is 0 Å². The van der Waals surface area contributed by atoms with Crippen molar-refractivity contribution in [2.75, 3.05) is 20.3 Å². The Morgan fingerprint density at radius 2 is 1.73 bits per heavy atom. The van der Waals surface area contributed by atoms with Crippen LogP contribution in [0.5, 0.6) is 17.2 Å². The van der Waals surface area contributed by atoms with Gasteiger partial charge in [-0.2, -0.15) is 0 Å². The van der Waals surface area contributed by atoms with Gasteiger partial charge < -0.3 is 19.3 Å². The number of esters is 1. The van der Waals surface area contributed by atoms with Gasteiger partial charge in [0.05, 0.1) is 37.3 Å². The summed E-state index contributed by atoms with van der Waals surface area (Å²) in [5, 5.41) is 10.8. The number of hydrogen-bond donors (Lipinski definition) is 1. The Morgan fingerprint density at radius 1 is 1.07 bits per heavy atom. The van der Waals surface area contributed by atoms with E-state index in [2.05, 4.69) is 4.74 Å². The number of phenols is 1. The largest absolute Gasteiger partial charge is 0.507 e. The maximum atomic E-state index is 11.6. The molecule has 0 bridgehead atoms. The normalized spacial score (nSPS) is 10.5.